The van der Waals surface area contributed by atoms with Gasteiger partial charge in [0, 0.05) is 16.3 Å². The average molecular weight is 231 g/mol. The number of thiophene rings is 1. The maximum absolute atomic E-state index is 3.23. The molecular formula is C14H17NS. The SMILES string of the molecule is CNCc1ccccc1-c1sc(C)cc1C. The van der Waals surface area contributed by atoms with E-state index in [4.69, 9.17) is 0 Å². The van der Waals surface area contributed by atoms with E-state index in [0.717, 1.165) is 6.54 Å². The van der Waals surface area contributed by atoms with Crippen molar-refractivity contribution in [2.45, 2.75) is 20.4 Å². The van der Waals surface area contributed by atoms with Crippen molar-refractivity contribution >= 4 is 11.3 Å². The van der Waals surface area contributed by atoms with E-state index in [1.807, 2.05) is 18.4 Å². The van der Waals surface area contributed by atoms with Crippen LogP contribution in [0.1, 0.15) is 16.0 Å². The molecule has 84 valence electrons. The second-order valence-electron chi connectivity index (χ2n) is 4.06. The summed E-state index contributed by atoms with van der Waals surface area (Å²) < 4.78 is 0. The summed E-state index contributed by atoms with van der Waals surface area (Å²) in [4.78, 5) is 2.79. The van der Waals surface area contributed by atoms with Crippen LogP contribution in [-0.4, -0.2) is 7.05 Å². The topological polar surface area (TPSA) is 12.0 Å². The molecule has 1 aromatic carbocycles. The zero-order chi connectivity index (χ0) is 11.5. The van der Waals surface area contributed by atoms with Crippen LogP contribution in [0.4, 0.5) is 0 Å². The van der Waals surface area contributed by atoms with E-state index < -0.39 is 0 Å². The fourth-order valence-electron chi connectivity index (χ4n) is 2.00. The molecule has 0 radical (unpaired) electrons. The first-order valence-corrected chi connectivity index (χ1v) is 6.34. The van der Waals surface area contributed by atoms with Crippen molar-refractivity contribution in [2.75, 3.05) is 7.05 Å². The molecule has 0 atom stereocenters. The Morgan fingerprint density at radius 2 is 1.94 bits per heavy atom. The second-order valence-corrected chi connectivity index (χ2v) is 5.31. The van der Waals surface area contributed by atoms with E-state index in [0.29, 0.717) is 0 Å². The van der Waals surface area contributed by atoms with Crippen LogP contribution in [0.5, 0.6) is 0 Å². The zero-order valence-corrected chi connectivity index (χ0v) is 10.8. The van der Waals surface area contributed by atoms with E-state index in [1.54, 1.807) is 0 Å². The molecule has 0 aliphatic rings. The lowest BCUT2D eigenvalue weighted by molar-refractivity contribution is 0.819. The fourth-order valence-corrected chi connectivity index (χ4v) is 3.08. The number of rotatable bonds is 3. The lowest BCUT2D eigenvalue weighted by Crippen LogP contribution is -2.06. The summed E-state index contributed by atoms with van der Waals surface area (Å²) in [5, 5.41) is 3.23. The highest BCUT2D eigenvalue weighted by atomic mass is 32.1. The van der Waals surface area contributed by atoms with Crippen molar-refractivity contribution in [3.05, 3.63) is 46.3 Å². The second kappa shape index (κ2) is 4.81. The lowest BCUT2D eigenvalue weighted by Gasteiger charge is -2.08. The molecule has 2 heteroatoms. The van der Waals surface area contributed by atoms with Crippen molar-refractivity contribution in [1.29, 1.82) is 0 Å². The highest BCUT2D eigenvalue weighted by molar-refractivity contribution is 7.15. The van der Waals surface area contributed by atoms with Gasteiger partial charge in [0.1, 0.15) is 0 Å². The van der Waals surface area contributed by atoms with Gasteiger partial charge in [-0.25, -0.2) is 0 Å². The monoisotopic (exact) mass is 231 g/mol. The Bertz CT molecular complexity index is 485. The van der Waals surface area contributed by atoms with Crippen LogP contribution in [0.2, 0.25) is 0 Å². The molecule has 0 aliphatic carbocycles. The van der Waals surface area contributed by atoms with Crippen molar-refractivity contribution in [2.24, 2.45) is 0 Å². The summed E-state index contributed by atoms with van der Waals surface area (Å²) >= 11 is 1.88. The smallest absolute Gasteiger partial charge is 0.0377 e. The first-order chi connectivity index (χ1) is 7.72. The van der Waals surface area contributed by atoms with E-state index in [1.165, 1.54) is 26.4 Å². The van der Waals surface area contributed by atoms with Gasteiger partial charge in [0.15, 0.2) is 0 Å². The van der Waals surface area contributed by atoms with Crippen LogP contribution in [-0.2, 0) is 6.54 Å². The van der Waals surface area contributed by atoms with E-state index in [9.17, 15) is 0 Å². The number of benzene rings is 1. The molecule has 2 rings (SSSR count). The van der Waals surface area contributed by atoms with E-state index in [-0.39, 0.29) is 0 Å². The molecule has 0 bridgehead atoms. The van der Waals surface area contributed by atoms with Gasteiger partial charge in [0.2, 0.25) is 0 Å². The van der Waals surface area contributed by atoms with Gasteiger partial charge in [-0.3, -0.25) is 0 Å². The Balaban J connectivity index is 2.50. The molecule has 16 heavy (non-hydrogen) atoms. The highest BCUT2D eigenvalue weighted by Crippen LogP contribution is 2.33. The first kappa shape index (κ1) is 11.4. The van der Waals surface area contributed by atoms with Crippen molar-refractivity contribution < 1.29 is 0 Å². The first-order valence-electron chi connectivity index (χ1n) is 5.52. The molecule has 0 aliphatic heterocycles. The Kier molecular flexibility index (Phi) is 3.42. The molecule has 0 unspecified atom stereocenters. The molecule has 1 nitrogen and oxygen atoms in total. The molecule has 1 heterocycles. The Morgan fingerprint density at radius 3 is 2.56 bits per heavy atom. The van der Waals surface area contributed by atoms with Gasteiger partial charge in [0.05, 0.1) is 0 Å². The minimum absolute atomic E-state index is 0.923. The summed E-state index contributed by atoms with van der Waals surface area (Å²) in [6.45, 7) is 5.28. The Labute approximate surface area is 101 Å². The molecule has 1 aromatic heterocycles. The van der Waals surface area contributed by atoms with Crippen LogP contribution >= 0.6 is 11.3 Å². The maximum atomic E-state index is 3.23. The quantitative estimate of drug-likeness (QED) is 0.848. The van der Waals surface area contributed by atoms with Crippen LogP contribution in [0.15, 0.2) is 30.3 Å². The summed E-state index contributed by atoms with van der Waals surface area (Å²) in [5.41, 5.74) is 4.12. The minimum Gasteiger partial charge on any atom is -0.316 e. The summed E-state index contributed by atoms with van der Waals surface area (Å²) in [6.07, 6.45) is 0. The number of nitrogens with one attached hydrogen (secondary N) is 1. The molecule has 2 aromatic rings. The summed E-state index contributed by atoms with van der Waals surface area (Å²) in [6, 6.07) is 10.9. The van der Waals surface area contributed by atoms with E-state index in [2.05, 4.69) is 49.5 Å². The van der Waals surface area contributed by atoms with E-state index >= 15 is 0 Å². The molecule has 1 N–H and O–H groups in total. The maximum Gasteiger partial charge on any atom is 0.0377 e. The van der Waals surface area contributed by atoms with Gasteiger partial charge in [-0.2, -0.15) is 0 Å². The van der Waals surface area contributed by atoms with Crippen LogP contribution in [0.25, 0.3) is 10.4 Å². The minimum atomic E-state index is 0.923. The van der Waals surface area contributed by atoms with Gasteiger partial charge in [0.25, 0.3) is 0 Å². The Hall–Kier alpha value is -1.12. The third kappa shape index (κ3) is 2.18. The fraction of sp³-hybridized carbons (Fsp3) is 0.286. The predicted octanol–water partition coefficient (Wildman–Crippen LogP) is 3.75. The number of hydrogen-bond acceptors (Lipinski definition) is 2. The molecule has 0 spiro atoms. The van der Waals surface area contributed by atoms with Crippen molar-refractivity contribution in [1.82, 2.24) is 5.32 Å². The number of aryl methyl sites for hydroxylation is 2. The predicted molar refractivity (Wildman–Crippen MR) is 72.0 cm³/mol. The molecule has 0 fully saturated rings. The van der Waals surface area contributed by atoms with Gasteiger partial charge in [-0.05, 0) is 43.7 Å². The van der Waals surface area contributed by atoms with Gasteiger partial charge < -0.3 is 5.32 Å². The van der Waals surface area contributed by atoms with Crippen LogP contribution in [0.3, 0.4) is 0 Å². The lowest BCUT2D eigenvalue weighted by atomic mass is 10.0. The normalized spacial score (nSPS) is 10.7. The standard InChI is InChI=1S/C14H17NS/c1-10-8-11(2)16-14(10)13-7-5-4-6-12(13)9-15-3/h4-8,15H,9H2,1-3H3. The van der Waals surface area contributed by atoms with Crippen molar-refractivity contribution in [3.8, 4) is 10.4 Å². The van der Waals surface area contributed by atoms with Crippen molar-refractivity contribution in [3.63, 3.8) is 0 Å². The van der Waals surface area contributed by atoms with Gasteiger partial charge in [-0.1, -0.05) is 24.3 Å². The van der Waals surface area contributed by atoms with Gasteiger partial charge >= 0.3 is 0 Å². The summed E-state index contributed by atoms with van der Waals surface area (Å²) in [5.74, 6) is 0. The molecule has 0 saturated carbocycles. The van der Waals surface area contributed by atoms with Crippen LogP contribution < -0.4 is 5.32 Å². The highest BCUT2D eigenvalue weighted by Gasteiger charge is 2.09. The third-order valence-corrected chi connectivity index (χ3v) is 3.86. The summed E-state index contributed by atoms with van der Waals surface area (Å²) in [7, 11) is 1.99. The Morgan fingerprint density at radius 1 is 1.19 bits per heavy atom. The molecule has 0 amide bonds. The average Bonchev–Trinajstić information content (AvgIpc) is 2.59. The third-order valence-electron chi connectivity index (χ3n) is 2.67. The molecule has 0 saturated heterocycles. The molecular weight excluding hydrogens is 214 g/mol. The van der Waals surface area contributed by atoms with Gasteiger partial charge in [-0.15, -0.1) is 11.3 Å². The zero-order valence-electron chi connectivity index (χ0n) is 10.0. The largest absolute Gasteiger partial charge is 0.316 e. The number of hydrogen-bond donors (Lipinski definition) is 1. The van der Waals surface area contributed by atoms with Crippen LogP contribution in [0, 0.1) is 13.8 Å².